The minimum Gasteiger partial charge on any atom is -0.377 e. The summed E-state index contributed by atoms with van der Waals surface area (Å²) in [5, 5.41) is 6.43. The second-order valence-corrected chi connectivity index (χ2v) is 4.31. The zero-order valence-electron chi connectivity index (χ0n) is 8.99. The van der Waals surface area contributed by atoms with E-state index in [9.17, 15) is 4.79 Å². The average molecular weight is 209 g/mol. The number of hydrogen-bond donors (Lipinski definition) is 1. The van der Waals surface area contributed by atoms with E-state index in [0.717, 1.165) is 0 Å². The molecule has 1 aliphatic heterocycles. The number of aromatic nitrogens is 2. The molecule has 0 spiro atoms. The molecule has 1 fully saturated rings. The van der Waals surface area contributed by atoms with Gasteiger partial charge in [-0.3, -0.25) is 9.89 Å². The van der Waals surface area contributed by atoms with E-state index < -0.39 is 0 Å². The van der Waals surface area contributed by atoms with Crippen molar-refractivity contribution < 1.29 is 9.53 Å². The van der Waals surface area contributed by atoms with Crippen molar-refractivity contribution in [2.75, 3.05) is 19.8 Å². The molecular weight excluding hydrogens is 194 g/mol. The largest absolute Gasteiger partial charge is 0.377 e. The van der Waals surface area contributed by atoms with Crippen molar-refractivity contribution >= 4 is 5.91 Å². The molecule has 0 bridgehead atoms. The lowest BCUT2D eigenvalue weighted by atomic mass is 10.0. The Balaban J connectivity index is 2.19. The smallest absolute Gasteiger partial charge is 0.257 e. The summed E-state index contributed by atoms with van der Waals surface area (Å²) in [5.41, 5.74) is 0.358. The molecule has 0 unspecified atom stereocenters. The summed E-state index contributed by atoms with van der Waals surface area (Å²) >= 11 is 0. The Bertz CT molecular complexity index is 346. The summed E-state index contributed by atoms with van der Waals surface area (Å²) in [6.07, 6.45) is 3.17. The highest BCUT2D eigenvalue weighted by Gasteiger charge is 2.34. The summed E-state index contributed by atoms with van der Waals surface area (Å²) in [6, 6.07) is 0. The molecule has 2 rings (SSSR count). The Morgan fingerprint density at radius 3 is 3.07 bits per heavy atom. The van der Waals surface area contributed by atoms with Crippen LogP contribution in [-0.4, -0.2) is 46.3 Å². The molecule has 82 valence electrons. The minimum absolute atomic E-state index is 0.0112. The monoisotopic (exact) mass is 209 g/mol. The maximum Gasteiger partial charge on any atom is 0.257 e. The molecule has 2 heterocycles. The summed E-state index contributed by atoms with van der Waals surface area (Å²) in [4.78, 5) is 13.9. The molecule has 0 saturated carbocycles. The van der Waals surface area contributed by atoms with Crippen molar-refractivity contribution in [3.8, 4) is 0 Å². The Morgan fingerprint density at radius 1 is 1.67 bits per heavy atom. The van der Waals surface area contributed by atoms with Gasteiger partial charge < -0.3 is 9.64 Å². The fourth-order valence-corrected chi connectivity index (χ4v) is 1.76. The molecular formula is C10H15N3O2. The molecule has 5 heteroatoms. The molecule has 1 aliphatic rings. The molecule has 1 amide bonds. The minimum atomic E-state index is -0.243. The van der Waals surface area contributed by atoms with E-state index in [4.69, 9.17) is 4.74 Å². The van der Waals surface area contributed by atoms with Gasteiger partial charge in [0.15, 0.2) is 0 Å². The van der Waals surface area contributed by atoms with Crippen LogP contribution in [0.4, 0.5) is 0 Å². The van der Waals surface area contributed by atoms with Crippen LogP contribution in [-0.2, 0) is 4.74 Å². The lowest BCUT2D eigenvalue weighted by Crippen LogP contribution is -2.55. The molecule has 1 aromatic rings. The van der Waals surface area contributed by atoms with Crippen LogP contribution in [0.5, 0.6) is 0 Å². The maximum atomic E-state index is 12.1. The quantitative estimate of drug-likeness (QED) is 0.739. The van der Waals surface area contributed by atoms with Crippen LogP contribution in [0.15, 0.2) is 12.4 Å². The number of morpholine rings is 1. The van der Waals surface area contributed by atoms with Gasteiger partial charge >= 0.3 is 0 Å². The van der Waals surface area contributed by atoms with E-state index in [-0.39, 0.29) is 11.4 Å². The Labute approximate surface area is 88.4 Å². The van der Waals surface area contributed by atoms with E-state index in [1.807, 2.05) is 18.7 Å². The van der Waals surface area contributed by atoms with Crippen LogP contribution >= 0.6 is 0 Å². The highest BCUT2D eigenvalue weighted by Crippen LogP contribution is 2.21. The predicted octanol–water partition coefficient (Wildman–Crippen LogP) is 0.661. The second-order valence-electron chi connectivity index (χ2n) is 4.31. The van der Waals surface area contributed by atoms with Crippen molar-refractivity contribution in [1.82, 2.24) is 15.1 Å². The van der Waals surface area contributed by atoms with Gasteiger partial charge in [-0.25, -0.2) is 0 Å². The Hall–Kier alpha value is -1.36. The zero-order chi connectivity index (χ0) is 10.9. The first kappa shape index (κ1) is 10.2. The zero-order valence-corrected chi connectivity index (χ0v) is 8.99. The second kappa shape index (κ2) is 3.66. The lowest BCUT2D eigenvalue weighted by molar-refractivity contribution is -0.0370. The number of nitrogens with zero attached hydrogens (tertiary/aromatic N) is 2. The standard InChI is InChI=1S/C10H15N3O2/c1-10(2)7-15-4-3-13(10)9(14)8-5-11-12-6-8/h5-6H,3-4,7H2,1-2H3,(H,11,12). The van der Waals surface area contributed by atoms with Gasteiger partial charge in [0.25, 0.3) is 5.91 Å². The number of H-pyrrole nitrogens is 1. The first-order chi connectivity index (χ1) is 7.11. The molecule has 0 radical (unpaired) electrons. The van der Waals surface area contributed by atoms with Crippen LogP contribution < -0.4 is 0 Å². The summed E-state index contributed by atoms with van der Waals surface area (Å²) in [5.74, 6) is 0.0112. The summed E-state index contributed by atoms with van der Waals surface area (Å²) in [6.45, 7) is 5.83. The molecule has 0 atom stereocenters. The number of rotatable bonds is 1. The van der Waals surface area contributed by atoms with E-state index in [0.29, 0.717) is 25.3 Å². The van der Waals surface area contributed by atoms with Gasteiger partial charge in [-0.1, -0.05) is 0 Å². The lowest BCUT2D eigenvalue weighted by Gasteiger charge is -2.41. The predicted molar refractivity (Wildman–Crippen MR) is 54.5 cm³/mol. The number of carbonyl (C=O) groups is 1. The van der Waals surface area contributed by atoms with Crippen molar-refractivity contribution in [2.45, 2.75) is 19.4 Å². The van der Waals surface area contributed by atoms with Crippen LogP contribution in [0.25, 0.3) is 0 Å². The molecule has 1 N–H and O–H groups in total. The number of hydrogen-bond acceptors (Lipinski definition) is 3. The average Bonchev–Trinajstić information content (AvgIpc) is 2.69. The van der Waals surface area contributed by atoms with Crippen LogP contribution in [0, 0.1) is 0 Å². The van der Waals surface area contributed by atoms with E-state index in [1.54, 1.807) is 12.4 Å². The van der Waals surface area contributed by atoms with E-state index >= 15 is 0 Å². The molecule has 1 saturated heterocycles. The first-order valence-electron chi connectivity index (χ1n) is 5.00. The number of carbonyl (C=O) groups excluding carboxylic acids is 1. The van der Waals surface area contributed by atoms with Gasteiger partial charge in [-0.05, 0) is 13.8 Å². The van der Waals surface area contributed by atoms with E-state index in [2.05, 4.69) is 10.2 Å². The van der Waals surface area contributed by atoms with Gasteiger partial charge in [-0.2, -0.15) is 5.10 Å². The summed E-state index contributed by atoms with van der Waals surface area (Å²) < 4.78 is 5.37. The highest BCUT2D eigenvalue weighted by molar-refractivity contribution is 5.94. The van der Waals surface area contributed by atoms with Crippen LogP contribution in [0.3, 0.4) is 0 Å². The molecule has 0 aromatic carbocycles. The number of nitrogens with one attached hydrogen (secondary N) is 1. The molecule has 1 aromatic heterocycles. The SMILES string of the molecule is CC1(C)COCCN1C(=O)c1cn[nH]c1. The number of ether oxygens (including phenoxy) is 1. The molecule has 5 nitrogen and oxygen atoms in total. The fourth-order valence-electron chi connectivity index (χ4n) is 1.76. The van der Waals surface area contributed by atoms with E-state index in [1.165, 1.54) is 0 Å². The van der Waals surface area contributed by atoms with Crippen LogP contribution in [0.1, 0.15) is 24.2 Å². The van der Waals surface area contributed by atoms with Crippen molar-refractivity contribution in [3.05, 3.63) is 18.0 Å². The van der Waals surface area contributed by atoms with Gasteiger partial charge in [-0.15, -0.1) is 0 Å². The Kier molecular flexibility index (Phi) is 2.48. The maximum absolute atomic E-state index is 12.1. The van der Waals surface area contributed by atoms with Crippen molar-refractivity contribution in [3.63, 3.8) is 0 Å². The van der Waals surface area contributed by atoms with Gasteiger partial charge in [0.05, 0.1) is 30.5 Å². The van der Waals surface area contributed by atoms with Gasteiger partial charge in [0, 0.05) is 12.7 Å². The highest BCUT2D eigenvalue weighted by atomic mass is 16.5. The van der Waals surface area contributed by atoms with Crippen LogP contribution in [0.2, 0.25) is 0 Å². The van der Waals surface area contributed by atoms with Crippen molar-refractivity contribution in [1.29, 1.82) is 0 Å². The van der Waals surface area contributed by atoms with Gasteiger partial charge in [0.2, 0.25) is 0 Å². The third kappa shape index (κ3) is 1.87. The third-order valence-electron chi connectivity index (χ3n) is 2.64. The Morgan fingerprint density at radius 2 is 2.47 bits per heavy atom. The third-order valence-corrected chi connectivity index (χ3v) is 2.64. The number of amides is 1. The normalized spacial score (nSPS) is 20.3. The molecule has 0 aliphatic carbocycles. The molecule has 15 heavy (non-hydrogen) atoms. The summed E-state index contributed by atoms with van der Waals surface area (Å²) in [7, 11) is 0. The van der Waals surface area contributed by atoms with Crippen molar-refractivity contribution in [2.24, 2.45) is 0 Å². The first-order valence-corrected chi connectivity index (χ1v) is 5.00. The van der Waals surface area contributed by atoms with Gasteiger partial charge in [0.1, 0.15) is 0 Å². The fraction of sp³-hybridized carbons (Fsp3) is 0.600. The number of aromatic amines is 1. The topological polar surface area (TPSA) is 58.2 Å².